The van der Waals surface area contributed by atoms with Gasteiger partial charge in [0.25, 0.3) is 0 Å². The van der Waals surface area contributed by atoms with Crippen LogP contribution in [0.25, 0.3) is 11.0 Å². The Bertz CT molecular complexity index is 711. The first kappa shape index (κ1) is 14.5. The SMILES string of the molecule is O=C1NCCC1N1CCN(Cc2ccc3nccnc3c2)CC1. The van der Waals surface area contributed by atoms with Gasteiger partial charge in [0.15, 0.2) is 0 Å². The van der Waals surface area contributed by atoms with Crippen LogP contribution in [0.3, 0.4) is 0 Å². The van der Waals surface area contributed by atoms with Crippen molar-refractivity contribution in [3.05, 3.63) is 36.2 Å². The zero-order valence-electron chi connectivity index (χ0n) is 13.1. The van der Waals surface area contributed by atoms with Crippen molar-refractivity contribution in [2.24, 2.45) is 0 Å². The number of piperazine rings is 1. The fraction of sp³-hybridized carbons (Fsp3) is 0.471. The molecule has 2 fully saturated rings. The maximum atomic E-state index is 11.8. The predicted octanol–water partition coefficient (Wildman–Crippen LogP) is 0.636. The number of amides is 1. The first-order valence-corrected chi connectivity index (χ1v) is 8.23. The van der Waals surface area contributed by atoms with Gasteiger partial charge in [0.05, 0.1) is 17.1 Å². The van der Waals surface area contributed by atoms with Crippen molar-refractivity contribution in [2.45, 2.75) is 19.0 Å². The van der Waals surface area contributed by atoms with Gasteiger partial charge in [-0.2, -0.15) is 0 Å². The number of rotatable bonds is 3. The molecule has 0 saturated carbocycles. The molecule has 23 heavy (non-hydrogen) atoms. The summed E-state index contributed by atoms with van der Waals surface area (Å²) in [5, 5.41) is 2.93. The molecule has 1 aromatic heterocycles. The van der Waals surface area contributed by atoms with Crippen molar-refractivity contribution in [2.75, 3.05) is 32.7 Å². The van der Waals surface area contributed by atoms with Crippen molar-refractivity contribution in [3.63, 3.8) is 0 Å². The molecule has 0 aliphatic carbocycles. The molecular weight excluding hydrogens is 290 g/mol. The van der Waals surface area contributed by atoms with Crippen molar-refractivity contribution in [3.8, 4) is 0 Å². The minimum absolute atomic E-state index is 0.0908. The lowest BCUT2D eigenvalue weighted by molar-refractivity contribution is -0.124. The molecule has 1 unspecified atom stereocenters. The number of aromatic nitrogens is 2. The van der Waals surface area contributed by atoms with Crippen LogP contribution in [0.1, 0.15) is 12.0 Å². The number of benzene rings is 1. The highest BCUT2D eigenvalue weighted by molar-refractivity contribution is 5.83. The van der Waals surface area contributed by atoms with Gasteiger partial charge in [0, 0.05) is 51.7 Å². The second-order valence-corrected chi connectivity index (χ2v) is 6.29. The average Bonchev–Trinajstić information content (AvgIpc) is 3.02. The van der Waals surface area contributed by atoms with Crippen molar-refractivity contribution >= 4 is 16.9 Å². The third kappa shape index (κ3) is 3.04. The molecule has 6 nitrogen and oxygen atoms in total. The summed E-state index contributed by atoms with van der Waals surface area (Å²) in [5.74, 6) is 0.201. The lowest BCUT2D eigenvalue weighted by Crippen LogP contribution is -2.51. The second-order valence-electron chi connectivity index (χ2n) is 6.29. The van der Waals surface area contributed by atoms with Gasteiger partial charge in [0.2, 0.25) is 5.91 Å². The van der Waals surface area contributed by atoms with Crippen LogP contribution in [0, 0.1) is 0 Å². The van der Waals surface area contributed by atoms with Crippen LogP contribution in [-0.4, -0.2) is 64.4 Å². The molecule has 0 spiro atoms. The third-order valence-electron chi connectivity index (χ3n) is 4.81. The van der Waals surface area contributed by atoms with E-state index in [1.54, 1.807) is 12.4 Å². The van der Waals surface area contributed by atoms with E-state index in [1.807, 2.05) is 6.07 Å². The molecule has 2 aliphatic heterocycles. The summed E-state index contributed by atoms with van der Waals surface area (Å²) in [6.07, 6.45) is 4.40. The molecule has 0 radical (unpaired) electrons. The maximum Gasteiger partial charge on any atom is 0.237 e. The van der Waals surface area contributed by atoms with Crippen LogP contribution >= 0.6 is 0 Å². The molecule has 1 amide bonds. The number of carbonyl (C=O) groups is 1. The van der Waals surface area contributed by atoms with E-state index in [9.17, 15) is 4.79 Å². The van der Waals surface area contributed by atoms with E-state index in [0.717, 1.165) is 56.7 Å². The average molecular weight is 311 g/mol. The zero-order valence-corrected chi connectivity index (χ0v) is 13.1. The predicted molar refractivity (Wildman–Crippen MR) is 87.8 cm³/mol. The van der Waals surface area contributed by atoms with Gasteiger partial charge in [-0.1, -0.05) is 6.07 Å². The Balaban J connectivity index is 1.37. The zero-order chi connectivity index (χ0) is 15.6. The number of hydrogen-bond donors (Lipinski definition) is 1. The summed E-state index contributed by atoms with van der Waals surface area (Å²) in [5.41, 5.74) is 3.16. The lowest BCUT2D eigenvalue weighted by Gasteiger charge is -2.37. The maximum absolute atomic E-state index is 11.8. The Kier molecular flexibility index (Phi) is 3.93. The Morgan fingerprint density at radius 1 is 1.09 bits per heavy atom. The number of fused-ring (bicyclic) bond motifs is 1. The molecule has 4 rings (SSSR count). The van der Waals surface area contributed by atoms with Gasteiger partial charge in [-0.3, -0.25) is 24.6 Å². The smallest absolute Gasteiger partial charge is 0.237 e. The number of carbonyl (C=O) groups excluding carboxylic acids is 1. The highest BCUT2D eigenvalue weighted by Crippen LogP contribution is 2.16. The molecular formula is C17H21N5O. The summed E-state index contributed by atoms with van der Waals surface area (Å²) >= 11 is 0. The van der Waals surface area contributed by atoms with E-state index in [-0.39, 0.29) is 11.9 Å². The fourth-order valence-corrected chi connectivity index (χ4v) is 3.53. The van der Waals surface area contributed by atoms with Gasteiger partial charge in [-0.05, 0) is 24.1 Å². The summed E-state index contributed by atoms with van der Waals surface area (Å²) in [4.78, 5) is 25.2. The highest BCUT2D eigenvalue weighted by atomic mass is 16.2. The summed E-state index contributed by atoms with van der Waals surface area (Å²) < 4.78 is 0. The second kappa shape index (κ2) is 6.22. The molecule has 1 atom stereocenters. The van der Waals surface area contributed by atoms with E-state index in [4.69, 9.17) is 0 Å². The molecule has 120 valence electrons. The normalized spacial score (nSPS) is 23.3. The Labute approximate surface area is 135 Å². The first-order valence-electron chi connectivity index (χ1n) is 8.23. The molecule has 2 aromatic rings. The molecule has 1 N–H and O–H groups in total. The monoisotopic (exact) mass is 311 g/mol. The Morgan fingerprint density at radius 3 is 2.61 bits per heavy atom. The van der Waals surface area contributed by atoms with Crippen LogP contribution in [0.5, 0.6) is 0 Å². The minimum Gasteiger partial charge on any atom is -0.355 e. The van der Waals surface area contributed by atoms with Crippen LogP contribution < -0.4 is 5.32 Å². The molecule has 0 bridgehead atoms. The fourth-order valence-electron chi connectivity index (χ4n) is 3.53. The topological polar surface area (TPSA) is 61.4 Å². The van der Waals surface area contributed by atoms with Crippen molar-refractivity contribution in [1.82, 2.24) is 25.1 Å². The lowest BCUT2D eigenvalue weighted by atomic mass is 10.1. The Morgan fingerprint density at radius 2 is 1.87 bits per heavy atom. The van der Waals surface area contributed by atoms with E-state index >= 15 is 0 Å². The van der Waals surface area contributed by atoms with Crippen LogP contribution in [-0.2, 0) is 11.3 Å². The van der Waals surface area contributed by atoms with E-state index in [1.165, 1.54) is 5.56 Å². The van der Waals surface area contributed by atoms with Gasteiger partial charge in [-0.15, -0.1) is 0 Å². The quantitative estimate of drug-likeness (QED) is 0.901. The van der Waals surface area contributed by atoms with E-state index in [0.29, 0.717) is 0 Å². The number of hydrogen-bond acceptors (Lipinski definition) is 5. The molecule has 3 heterocycles. The van der Waals surface area contributed by atoms with E-state index in [2.05, 4.69) is 37.2 Å². The van der Waals surface area contributed by atoms with Crippen molar-refractivity contribution in [1.29, 1.82) is 0 Å². The van der Waals surface area contributed by atoms with Gasteiger partial charge in [-0.25, -0.2) is 0 Å². The standard InChI is InChI=1S/C17H21N5O/c23-17-16(3-4-20-17)22-9-7-21(8-10-22)12-13-1-2-14-15(11-13)19-6-5-18-14/h1-2,5-6,11,16H,3-4,7-10,12H2,(H,20,23). The largest absolute Gasteiger partial charge is 0.355 e. The van der Waals surface area contributed by atoms with Gasteiger partial charge in [0.1, 0.15) is 0 Å². The molecule has 6 heteroatoms. The molecule has 2 aliphatic rings. The number of nitrogens with one attached hydrogen (secondary N) is 1. The third-order valence-corrected chi connectivity index (χ3v) is 4.81. The summed E-state index contributed by atoms with van der Waals surface area (Å²) in [6.45, 7) is 5.68. The molecule has 1 aromatic carbocycles. The van der Waals surface area contributed by atoms with Crippen LogP contribution in [0.15, 0.2) is 30.6 Å². The minimum atomic E-state index is 0.0908. The summed E-state index contributed by atoms with van der Waals surface area (Å²) in [7, 11) is 0. The first-order chi connectivity index (χ1) is 11.3. The van der Waals surface area contributed by atoms with Crippen molar-refractivity contribution < 1.29 is 4.79 Å². The van der Waals surface area contributed by atoms with Crippen LogP contribution in [0.4, 0.5) is 0 Å². The highest BCUT2D eigenvalue weighted by Gasteiger charge is 2.32. The molecule has 2 saturated heterocycles. The van der Waals surface area contributed by atoms with Gasteiger partial charge >= 0.3 is 0 Å². The van der Waals surface area contributed by atoms with Crippen LogP contribution in [0.2, 0.25) is 0 Å². The Hall–Kier alpha value is -2.05. The summed E-state index contributed by atoms with van der Waals surface area (Å²) in [6, 6.07) is 6.39. The van der Waals surface area contributed by atoms with Gasteiger partial charge < -0.3 is 5.32 Å². The van der Waals surface area contributed by atoms with E-state index < -0.39 is 0 Å². The number of nitrogens with zero attached hydrogens (tertiary/aromatic N) is 4.